The van der Waals surface area contributed by atoms with Crippen LogP contribution in [0.15, 0.2) is 0 Å². The summed E-state index contributed by atoms with van der Waals surface area (Å²) in [6.07, 6.45) is 0. The Kier molecular flexibility index (Phi) is 12.2. The van der Waals surface area contributed by atoms with Gasteiger partial charge < -0.3 is 19.8 Å². The molecule has 0 bridgehead atoms. The number of carbonyl (C=O) groups is 2. The van der Waals surface area contributed by atoms with Crippen LogP contribution >= 0.6 is 0 Å². The van der Waals surface area contributed by atoms with Crippen LogP contribution < -0.4 is 10.2 Å². The molecule has 0 amide bonds. The minimum absolute atomic E-state index is 0. The van der Waals surface area contributed by atoms with Crippen LogP contribution in [0.1, 0.15) is 0 Å². The second-order valence-corrected chi connectivity index (χ2v) is 17.2. The number of rotatable bonds is 4. The third-order valence-corrected chi connectivity index (χ3v) is 4.05. The molecule has 0 N–H and O–H groups in total. The van der Waals surface area contributed by atoms with Gasteiger partial charge >= 0.3 is 0 Å². The van der Waals surface area contributed by atoms with E-state index in [9.17, 15) is 19.8 Å². The normalized spacial score (nSPS) is 10.7. The van der Waals surface area contributed by atoms with E-state index >= 15 is 0 Å². The van der Waals surface area contributed by atoms with Crippen LogP contribution in [0, 0.1) is 0 Å². The van der Waals surface area contributed by atoms with Crippen molar-refractivity contribution in [3.63, 3.8) is 0 Å². The van der Waals surface area contributed by atoms with Crippen molar-refractivity contribution >= 4 is 28.1 Å². The van der Waals surface area contributed by atoms with Gasteiger partial charge in [0.15, 0.2) is 0 Å². The van der Waals surface area contributed by atoms with E-state index < -0.39 is 28.1 Å². The Morgan fingerprint density at radius 3 is 0.941 bits per heavy atom. The van der Waals surface area contributed by atoms with E-state index in [2.05, 4.69) is 0 Å². The molecule has 0 aromatic heterocycles. The molecule has 0 heterocycles. The maximum atomic E-state index is 9.94. The Morgan fingerprint density at radius 2 is 0.941 bits per heavy atom. The summed E-state index contributed by atoms with van der Waals surface area (Å²) in [5.41, 5.74) is 0. The van der Waals surface area contributed by atoms with Gasteiger partial charge in [-0.05, 0) is 12.1 Å². The molecule has 0 aliphatic carbocycles. The molecule has 4 nitrogen and oxygen atoms in total. The van der Waals surface area contributed by atoms with Gasteiger partial charge in [-0.2, -0.15) is 0 Å². The fourth-order valence-corrected chi connectivity index (χ4v) is 2.60. The quantitative estimate of drug-likeness (QED) is 0.692. The standard InChI is InChI=1S/2C5H12O2Si.Sc/c2*1-8(2,3)4-5(6)7;/h2*4H2,1-3H3,(H,6,7);/p-2. The van der Waals surface area contributed by atoms with Gasteiger partial charge in [0.1, 0.15) is 0 Å². The fourth-order valence-electron chi connectivity index (χ4n) is 0.866. The molecule has 0 rings (SSSR count). The summed E-state index contributed by atoms with van der Waals surface area (Å²) in [7, 11) is -2.76. The zero-order valence-corrected chi connectivity index (χ0v) is 15.4. The van der Waals surface area contributed by atoms with Gasteiger partial charge in [-0.25, -0.2) is 0 Å². The second kappa shape index (κ2) is 9.21. The van der Waals surface area contributed by atoms with Crippen molar-refractivity contribution in [3.05, 3.63) is 0 Å². The second-order valence-electron chi connectivity index (χ2n) is 6.22. The van der Waals surface area contributed by atoms with E-state index in [0.29, 0.717) is 0 Å². The summed E-state index contributed by atoms with van der Waals surface area (Å²) >= 11 is 0. The molecule has 7 heteroatoms. The zero-order valence-electron chi connectivity index (χ0n) is 11.6. The molecule has 0 atom stereocenters. The molecule has 1 radical (unpaired) electrons. The largest absolute Gasteiger partial charge is 0.550 e. The summed E-state index contributed by atoms with van der Waals surface area (Å²) in [5, 5.41) is 19.9. The van der Waals surface area contributed by atoms with Crippen LogP contribution in [0.4, 0.5) is 0 Å². The molecular weight excluding hydrogens is 285 g/mol. The molecule has 0 saturated heterocycles. The Bertz CT molecular complexity index is 218. The SMILES string of the molecule is C[Si](C)(C)CC(=O)[O-].C[Si](C)(C)CC(=O)[O-].[Sc]. The van der Waals surface area contributed by atoms with E-state index in [0.717, 1.165) is 0 Å². The van der Waals surface area contributed by atoms with Gasteiger partial charge in [0.2, 0.25) is 0 Å². The number of aliphatic carboxylic acids is 2. The topological polar surface area (TPSA) is 80.3 Å². The number of hydrogen-bond acceptors (Lipinski definition) is 4. The van der Waals surface area contributed by atoms with Crippen molar-refractivity contribution in [2.24, 2.45) is 0 Å². The van der Waals surface area contributed by atoms with Crippen molar-refractivity contribution in [1.82, 2.24) is 0 Å². The van der Waals surface area contributed by atoms with Crippen molar-refractivity contribution < 1.29 is 45.6 Å². The number of hydrogen-bond donors (Lipinski definition) is 0. The molecule has 0 saturated carbocycles. The maximum absolute atomic E-state index is 9.94. The van der Waals surface area contributed by atoms with Gasteiger partial charge in [0.25, 0.3) is 0 Å². The average Bonchev–Trinajstić information content (AvgIpc) is 1.72. The summed E-state index contributed by atoms with van der Waals surface area (Å²) in [5.74, 6) is -1.83. The number of carboxylic acid groups (broad SMARTS) is 2. The molecule has 17 heavy (non-hydrogen) atoms. The first-order chi connectivity index (χ1) is 6.83. The van der Waals surface area contributed by atoms with Gasteiger partial charge in [-0.15, -0.1) is 0 Å². The molecule has 0 aliphatic rings. The van der Waals surface area contributed by atoms with E-state index in [1.165, 1.54) is 0 Å². The Morgan fingerprint density at radius 1 is 0.765 bits per heavy atom. The number of carbonyl (C=O) groups excluding carboxylic acids is 2. The van der Waals surface area contributed by atoms with Crippen LogP contribution in [0.25, 0.3) is 0 Å². The van der Waals surface area contributed by atoms with Crippen LogP contribution in [-0.4, -0.2) is 28.1 Å². The van der Waals surface area contributed by atoms with Gasteiger partial charge in [0, 0.05) is 37.8 Å². The van der Waals surface area contributed by atoms with Crippen molar-refractivity contribution in [3.8, 4) is 0 Å². The first-order valence-electron chi connectivity index (χ1n) is 5.23. The van der Waals surface area contributed by atoms with Gasteiger partial charge in [-0.3, -0.25) is 0 Å². The maximum Gasteiger partial charge on any atom is 0.0502 e. The Hall–Kier alpha value is 0.244. The summed E-state index contributed by atoms with van der Waals surface area (Å²) < 4.78 is 0. The zero-order chi connectivity index (χ0) is 13.6. The molecular formula is C10H22O4ScSi2-2. The molecule has 0 spiro atoms. The van der Waals surface area contributed by atoms with E-state index in [-0.39, 0.29) is 37.9 Å². The third-order valence-electron chi connectivity index (χ3n) is 1.35. The Balaban J connectivity index is -0.000000218. The van der Waals surface area contributed by atoms with Crippen LogP contribution in [0.5, 0.6) is 0 Å². The van der Waals surface area contributed by atoms with Gasteiger partial charge in [-0.1, -0.05) is 39.3 Å². The summed E-state index contributed by atoms with van der Waals surface area (Å²) in [6.45, 7) is 12.0. The van der Waals surface area contributed by atoms with Crippen molar-refractivity contribution in [2.75, 3.05) is 0 Å². The minimum atomic E-state index is -1.38. The van der Waals surface area contributed by atoms with E-state index in [1.54, 1.807) is 0 Å². The predicted molar refractivity (Wildman–Crippen MR) is 66.3 cm³/mol. The number of carboxylic acids is 2. The summed E-state index contributed by atoms with van der Waals surface area (Å²) in [6, 6.07) is 0.542. The first kappa shape index (κ1) is 22.4. The Labute approximate surface area is 125 Å². The van der Waals surface area contributed by atoms with Gasteiger partial charge in [0.05, 0.1) is 16.1 Å². The minimum Gasteiger partial charge on any atom is -0.550 e. The van der Waals surface area contributed by atoms with E-state index in [1.807, 2.05) is 39.3 Å². The molecule has 0 unspecified atom stereocenters. The average molecular weight is 307 g/mol. The summed E-state index contributed by atoms with van der Waals surface area (Å²) in [4.78, 5) is 19.9. The van der Waals surface area contributed by atoms with Crippen LogP contribution in [-0.2, 0) is 35.4 Å². The molecule has 0 fully saturated rings. The molecule has 0 aliphatic heterocycles. The molecule has 99 valence electrons. The third kappa shape index (κ3) is 31.4. The monoisotopic (exact) mass is 307 g/mol. The predicted octanol–water partition coefficient (Wildman–Crippen LogP) is 0.147. The molecule has 0 aromatic carbocycles. The van der Waals surface area contributed by atoms with Crippen LogP contribution in [0.3, 0.4) is 0 Å². The van der Waals surface area contributed by atoms with E-state index in [4.69, 9.17) is 0 Å². The van der Waals surface area contributed by atoms with Crippen molar-refractivity contribution in [2.45, 2.75) is 51.4 Å². The first-order valence-corrected chi connectivity index (χ1v) is 12.6. The fraction of sp³-hybridized carbons (Fsp3) is 0.800. The van der Waals surface area contributed by atoms with Crippen LogP contribution in [0.2, 0.25) is 51.4 Å². The molecule has 0 aromatic rings. The smallest absolute Gasteiger partial charge is 0.0502 e. The van der Waals surface area contributed by atoms with Crippen molar-refractivity contribution in [1.29, 1.82) is 0 Å².